The Morgan fingerprint density at radius 3 is 2.55 bits per heavy atom. The Bertz CT molecular complexity index is 1230. The van der Waals surface area contributed by atoms with Crippen molar-refractivity contribution in [1.82, 2.24) is 10.6 Å². The lowest BCUT2D eigenvalue weighted by Crippen LogP contribution is -2.48. The minimum absolute atomic E-state index is 0.0180. The number of allylic oxidation sites excluding steroid dienone is 3. The number of benzene rings is 2. The SMILES string of the molecule is CCC(C)(Cc1cccc(CC(=O)NCC2=CC(c3ccc(O)cc3)=CCC2)c1)NC(=O)OC1(C)C[C@@H]1C. The van der Waals surface area contributed by atoms with Crippen LogP contribution in [0.4, 0.5) is 4.79 Å². The van der Waals surface area contributed by atoms with E-state index in [-0.39, 0.29) is 23.4 Å². The molecule has 3 N–H and O–H groups in total. The Morgan fingerprint density at radius 2 is 1.87 bits per heavy atom. The summed E-state index contributed by atoms with van der Waals surface area (Å²) in [6.07, 6.45) is 8.42. The molecule has 3 atom stereocenters. The van der Waals surface area contributed by atoms with Crippen LogP contribution in [0.15, 0.2) is 66.3 Å². The Balaban J connectivity index is 1.30. The molecule has 1 fully saturated rings. The van der Waals surface area contributed by atoms with Crippen LogP contribution in [0.5, 0.6) is 5.75 Å². The maximum absolute atomic E-state index is 12.8. The largest absolute Gasteiger partial charge is 0.508 e. The van der Waals surface area contributed by atoms with Gasteiger partial charge in [0.05, 0.1) is 6.42 Å². The molecule has 2 aromatic carbocycles. The van der Waals surface area contributed by atoms with Crippen molar-refractivity contribution in [2.45, 2.75) is 77.4 Å². The highest BCUT2D eigenvalue weighted by Gasteiger charge is 2.51. The zero-order valence-corrected chi connectivity index (χ0v) is 23.0. The number of carbonyl (C=O) groups is 2. The predicted octanol–water partition coefficient (Wildman–Crippen LogP) is 6.09. The number of alkyl carbamates (subject to hydrolysis) is 1. The molecule has 6 heteroatoms. The van der Waals surface area contributed by atoms with E-state index < -0.39 is 5.54 Å². The van der Waals surface area contributed by atoms with Gasteiger partial charge in [-0.3, -0.25) is 4.79 Å². The zero-order valence-electron chi connectivity index (χ0n) is 23.0. The van der Waals surface area contributed by atoms with Gasteiger partial charge < -0.3 is 20.5 Å². The van der Waals surface area contributed by atoms with E-state index in [1.807, 2.05) is 44.2 Å². The molecule has 2 aromatic rings. The summed E-state index contributed by atoms with van der Waals surface area (Å²) in [6.45, 7) is 8.68. The summed E-state index contributed by atoms with van der Waals surface area (Å²) in [7, 11) is 0. The van der Waals surface area contributed by atoms with Crippen molar-refractivity contribution >= 4 is 17.6 Å². The Morgan fingerprint density at radius 1 is 1.16 bits per heavy atom. The first kappa shape index (κ1) is 27.5. The fourth-order valence-electron chi connectivity index (χ4n) is 4.95. The molecule has 2 aliphatic rings. The summed E-state index contributed by atoms with van der Waals surface area (Å²) in [4.78, 5) is 25.3. The summed E-state index contributed by atoms with van der Waals surface area (Å²) >= 11 is 0. The third-order valence-electron chi connectivity index (χ3n) is 7.96. The van der Waals surface area contributed by atoms with Gasteiger partial charge in [-0.15, -0.1) is 0 Å². The Labute approximate surface area is 226 Å². The maximum Gasteiger partial charge on any atom is 0.408 e. The number of hydrogen-bond donors (Lipinski definition) is 3. The van der Waals surface area contributed by atoms with E-state index in [9.17, 15) is 14.7 Å². The minimum atomic E-state index is -0.442. The van der Waals surface area contributed by atoms with Crippen LogP contribution in [-0.2, 0) is 22.4 Å². The molecule has 202 valence electrons. The van der Waals surface area contributed by atoms with Gasteiger partial charge >= 0.3 is 6.09 Å². The normalized spacial score (nSPS) is 21.9. The highest BCUT2D eigenvalue weighted by molar-refractivity contribution is 5.80. The van der Waals surface area contributed by atoms with Crippen molar-refractivity contribution < 1.29 is 19.4 Å². The quantitative estimate of drug-likeness (QED) is 0.357. The second-order valence-electron chi connectivity index (χ2n) is 11.3. The standard InChI is InChI=1S/C32H40N2O4/c1-5-31(3,34-30(37)38-32(4)19-22(32)2)20-24-9-6-8-23(16-24)18-29(36)33-21-25-10-7-11-27(17-25)26-12-14-28(35)15-13-26/h6,8-9,11-17,22,35H,5,7,10,18-21H2,1-4H3,(H,33,36)(H,34,37)/t22-,31?,32?/m0/s1. The van der Waals surface area contributed by atoms with Gasteiger partial charge in [-0.1, -0.05) is 68.0 Å². The number of phenolic OH excluding ortho intramolecular Hbond substituents is 1. The highest BCUT2D eigenvalue weighted by Crippen LogP contribution is 2.46. The van der Waals surface area contributed by atoms with E-state index in [0.717, 1.165) is 47.9 Å². The third-order valence-corrected chi connectivity index (χ3v) is 7.96. The van der Waals surface area contributed by atoms with Gasteiger partial charge in [-0.05, 0) is 86.3 Å². The van der Waals surface area contributed by atoms with Crippen LogP contribution < -0.4 is 10.6 Å². The number of hydrogen-bond acceptors (Lipinski definition) is 4. The average molecular weight is 517 g/mol. The minimum Gasteiger partial charge on any atom is -0.508 e. The first-order valence-electron chi connectivity index (χ1n) is 13.6. The molecule has 0 bridgehead atoms. The van der Waals surface area contributed by atoms with Crippen molar-refractivity contribution in [3.8, 4) is 5.75 Å². The van der Waals surface area contributed by atoms with Gasteiger partial charge in [0.2, 0.25) is 5.91 Å². The average Bonchev–Trinajstić information content (AvgIpc) is 3.47. The van der Waals surface area contributed by atoms with Gasteiger partial charge in [-0.2, -0.15) is 0 Å². The molecule has 2 aliphatic carbocycles. The molecular weight excluding hydrogens is 476 g/mol. The fraction of sp³-hybridized carbons (Fsp3) is 0.438. The molecule has 4 rings (SSSR count). The predicted molar refractivity (Wildman–Crippen MR) is 151 cm³/mol. The van der Waals surface area contributed by atoms with Crippen LogP contribution in [0.1, 0.15) is 70.1 Å². The van der Waals surface area contributed by atoms with Gasteiger partial charge in [0.25, 0.3) is 0 Å². The van der Waals surface area contributed by atoms with Gasteiger partial charge in [0.15, 0.2) is 0 Å². The lowest BCUT2D eigenvalue weighted by Gasteiger charge is -2.30. The monoisotopic (exact) mass is 516 g/mol. The number of nitrogens with one attached hydrogen (secondary N) is 2. The number of carbonyl (C=O) groups excluding carboxylic acids is 2. The molecular formula is C32H40N2O4. The first-order chi connectivity index (χ1) is 18.1. The molecule has 0 saturated heterocycles. The van der Waals surface area contributed by atoms with E-state index in [1.54, 1.807) is 12.1 Å². The lowest BCUT2D eigenvalue weighted by molar-refractivity contribution is -0.120. The molecule has 0 heterocycles. The van der Waals surface area contributed by atoms with Crippen molar-refractivity contribution in [3.05, 3.63) is 82.9 Å². The third kappa shape index (κ3) is 7.27. The smallest absolute Gasteiger partial charge is 0.408 e. The van der Waals surface area contributed by atoms with Crippen molar-refractivity contribution in [3.63, 3.8) is 0 Å². The van der Waals surface area contributed by atoms with Crippen molar-refractivity contribution in [2.75, 3.05) is 6.54 Å². The molecule has 2 amide bonds. The number of ether oxygens (including phenoxy) is 1. The van der Waals surface area contributed by atoms with E-state index in [1.165, 1.54) is 5.57 Å². The molecule has 0 aromatic heterocycles. The summed E-state index contributed by atoms with van der Waals surface area (Å²) in [5, 5.41) is 15.7. The van der Waals surface area contributed by atoms with Crippen LogP contribution in [0.25, 0.3) is 5.57 Å². The molecule has 2 unspecified atom stereocenters. The molecule has 38 heavy (non-hydrogen) atoms. The van der Waals surface area contributed by atoms with Gasteiger partial charge in [0, 0.05) is 12.1 Å². The number of phenols is 1. The number of amides is 2. The summed E-state index contributed by atoms with van der Waals surface area (Å²) in [5.74, 6) is 0.633. The Kier molecular flexibility index (Phi) is 8.29. The van der Waals surface area contributed by atoms with Crippen LogP contribution in [0.3, 0.4) is 0 Å². The van der Waals surface area contributed by atoms with E-state index in [0.29, 0.717) is 25.3 Å². The van der Waals surface area contributed by atoms with Crippen molar-refractivity contribution in [2.24, 2.45) is 5.92 Å². The molecule has 0 spiro atoms. The van der Waals surface area contributed by atoms with Gasteiger partial charge in [0.1, 0.15) is 11.4 Å². The molecule has 1 saturated carbocycles. The highest BCUT2D eigenvalue weighted by atomic mass is 16.6. The second-order valence-corrected chi connectivity index (χ2v) is 11.3. The number of rotatable bonds is 10. The van der Waals surface area contributed by atoms with Crippen LogP contribution in [0, 0.1) is 5.92 Å². The second kappa shape index (κ2) is 11.5. The topological polar surface area (TPSA) is 87.7 Å². The van der Waals surface area contributed by atoms with Crippen LogP contribution in [0.2, 0.25) is 0 Å². The fourth-order valence-corrected chi connectivity index (χ4v) is 4.95. The first-order valence-corrected chi connectivity index (χ1v) is 13.6. The summed E-state index contributed by atoms with van der Waals surface area (Å²) in [6, 6.07) is 15.2. The molecule has 6 nitrogen and oxygen atoms in total. The van der Waals surface area contributed by atoms with E-state index >= 15 is 0 Å². The Hall–Kier alpha value is -3.54. The number of aromatic hydroxyl groups is 1. The summed E-state index contributed by atoms with van der Waals surface area (Å²) < 4.78 is 5.66. The van der Waals surface area contributed by atoms with E-state index in [2.05, 4.69) is 42.7 Å². The van der Waals surface area contributed by atoms with E-state index in [4.69, 9.17) is 4.74 Å². The van der Waals surface area contributed by atoms with Crippen molar-refractivity contribution in [1.29, 1.82) is 0 Å². The lowest BCUT2D eigenvalue weighted by atomic mass is 9.89. The van der Waals surface area contributed by atoms with Crippen LogP contribution >= 0.6 is 0 Å². The van der Waals surface area contributed by atoms with Gasteiger partial charge in [-0.25, -0.2) is 4.79 Å². The van der Waals surface area contributed by atoms with Crippen LogP contribution in [-0.4, -0.2) is 34.8 Å². The summed E-state index contributed by atoms with van der Waals surface area (Å²) in [5.41, 5.74) is 4.59. The molecule has 0 aliphatic heterocycles. The maximum atomic E-state index is 12.8. The zero-order chi connectivity index (χ0) is 27.3. The molecule has 0 radical (unpaired) electrons.